The van der Waals surface area contributed by atoms with Crippen molar-refractivity contribution in [3.05, 3.63) is 83.3 Å². The molecule has 4 rings (SSSR count). The van der Waals surface area contributed by atoms with Gasteiger partial charge in [0.15, 0.2) is 0 Å². The molecule has 0 saturated heterocycles. The molecule has 40 heavy (non-hydrogen) atoms. The van der Waals surface area contributed by atoms with E-state index >= 15 is 0 Å². The predicted molar refractivity (Wildman–Crippen MR) is 135 cm³/mol. The van der Waals surface area contributed by atoms with Crippen LogP contribution >= 0.6 is 0 Å². The van der Waals surface area contributed by atoms with Gasteiger partial charge in [0, 0.05) is 17.3 Å². The number of benzene rings is 2. The second-order valence-corrected chi connectivity index (χ2v) is 9.96. The number of nitrogens with one attached hydrogen (secondary N) is 2. The van der Waals surface area contributed by atoms with Crippen molar-refractivity contribution < 1.29 is 35.9 Å². The minimum absolute atomic E-state index is 0.0853. The van der Waals surface area contributed by atoms with E-state index in [1.807, 2.05) is 0 Å². The molecule has 2 heterocycles. The highest BCUT2D eigenvalue weighted by atomic mass is 19.4. The normalized spacial score (nSPS) is 12.4. The zero-order valence-electron chi connectivity index (χ0n) is 21.4. The SMILES string of the molecule is CC(C)(C)C(=O)NCc1ccc(C(F)(F)F)c(C(=O)Nc2cccc3c2cnn3-c2ccc(C(F)(F)F)nc2)c1. The largest absolute Gasteiger partial charge is 0.433 e. The Labute approximate surface area is 224 Å². The molecule has 0 aliphatic carbocycles. The number of carbonyl (C=O) groups excluding carboxylic acids is 2. The zero-order chi connectivity index (χ0) is 29.5. The molecule has 0 radical (unpaired) electrons. The van der Waals surface area contributed by atoms with Crippen LogP contribution in [-0.4, -0.2) is 26.6 Å². The maximum absolute atomic E-state index is 13.8. The maximum atomic E-state index is 13.8. The molecular formula is C27H23F6N5O2. The first-order valence-corrected chi connectivity index (χ1v) is 11.9. The summed E-state index contributed by atoms with van der Waals surface area (Å²) < 4.78 is 81.2. The standard InChI is InChI=1S/C27H23F6N5O2/c1-25(2,3)24(40)35-12-15-7-9-19(26(28,29)30)17(11-15)23(39)37-20-5-4-6-21-18(20)14-36-38(21)16-8-10-22(34-13-16)27(31,32)33/h4-11,13-14H,12H2,1-3H3,(H,35,40)(H,37,39). The van der Waals surface area contributed by atoms with Crippen LogP contribution in [0.15, 0.2) is 60.9 Å². The highest BCUT2D eigenvalue weighted by Crippen LogP contribution is 2.34. The fraction of sp³-hybridized carbons (Fsp3) is 0.259. The smallest absolute Gasteiger partial charge is 0.352 e. The Morgan fingerprint density at radius 2 is 1.62 bits per heavy atom. The van der Waals surface area contributed by atoms with E-state index in [0.717, 1.165) is 24.4 Å². The number of alkyl halides is 6. The van der Waals surface area contributed by atoms with Gasteiger partial charge in [-0.05, 0) is 42.0 Å². The Bertz CT molecular complexity index is 1570. The number of aromatic nitrogens is 3. The zero-order valence-corrected chi connectivity index (χ0v) is 21.4. The van der Waals surface area contributed by atoms with Crippen LogP contribution in [0.5, 0.6) is 0 Å². The van der Waals surface area contributed by atoms with Crippen molar-refractivity contribution in [3.63, 3.8) is 0 Å². The molecule has 0 aliphatic heterocycles. The van der Waals surface area contributed by atoms with Gasteiger partial charge < -0.3 is 10.6 Å². The molecule has 13 heteroatoms. The van der Waals surface area contributed by atoms with Crippen LogP contribution in [0.4, 0.5) is 32.0 Å². The highest BCUT2D eigenvalue weighted by Gasteiger charge is 2.36. The van der Waals surface area contributed by atoms with Gasteiger partial charge in [-0.3, -0.25) is 9.59 Å². The molecule has 7 nitrogen and oxygen atoms in total. The molecule has 210 valence electrons. The molecule has 4 aromatic rings. The first kappa shape index (κ1) is 28.6. The number of hydrogen-bond acceptors (Lipinski definition) is 4. The fourth-order valence-electron chi connectivity index (χ4n) is 3.82. The van der Waals surface area contributed by atoms with Crippen LogP contribution in [0, 0.1) is 5.41 Å². The molecule has 0 spiro atoms. The van der Waals surface area contributed by atoms with E-state index in [9.17, 15) is 35.9 Å². The maximum Gasteiger partial charge on any atom is 0.433 e. The van der Waals surface area contributed by atoms with E-state index in [1.165, 1.54) is 35.1 Å². The van der Waals surface area contributed by atoms with E-state index < -0.39 is 40.5 Å². The number of rotatable bonds is 5. The van der Waals surface area contributed by atoms with Gasteiger partial charge in [0.1, 0.15) is 5.69 Å². The second kappa shape index (κ2) is 10.3. The van der Waals surface area contributed by atoms with Gasteiger partial charge in [0.25, 0.3) is 5.91 Å². The lowest BCUT2D eigenvalue weighted by Gasteiger charge is -2.19. The molecule has 2 N–H and O–H groups in total. The summed E-state index contributed by atoms with van der Waals surface area (Å²) in [4.78, 5) is 28.7. The van der Waals surface area contributed by atoms with Gasteiger partial charge >= 0.3 is 12.4 Å². The molecule has 2 aromatic heterocycles. The molecule has 0 atom stereocenters. The van der Waals surface area contributed by atoms with Crippen molar-refractivity contribution in [2.24, 2.45) is 5.41 Å². The third kappa shape index (κ3) is 6.08. The summed E-state index contributed by atoms with van der Waals surface area (Å²) in [6.45, 7) is 4.97. The van der Waals surface area contributed by atoms with Gasteiger partial charge in [0.2, 0.25) is 5.91 Å². The first-order chi connectivity index (χ1) is 18.6. The van der Waals surface area contributed by atoms with Crippen molar-refractivity contribution >= 4 is 28.4 Å². The number of nitrogens with zero attached hydrogens (tertiary/aromatic N) is 3. The molecule has 2 aromatic carbocycles. The average Bonchev–Trinajstić information content (AvgIpc) is 3.30. The van der Waals surface area contributed by atoms with Crippen LogP contribution in [0.1, 0.15) is 48.0 Å². The number of hydrogen-bond donors (Lipinski definition) is 2. The van der Waals surface area contributed by atoms with Crippen LogP contribution < -0.4 is 10.6 Å². The van der Waals surface area contributed by atoms with E-state index in [-0.39, 0.29) is 29.4 Å². The minimum Gasteiger partial charge on any atom is -0.352 e. The first-order valence-electron chi connectivity index (χ1n) is 11.9. The van der Waals surface area contributed by atoms with Crippen LogP contribution in [0.3, 0.4) is 0 Å². The molecule has 2 amide bonds. The molecule has 0 saturated carbocycles. The van der Waals surface area contributed by atoms with Crippen molar-refractivity contribution in [2.75, 3.05) is 5.32 Å². The Hall–Kier alpha value is -4.42. The molecule has 0 aliphatic rings. The number of carbonyl (C=O) groups is 2. The quantitative estimate of drug-likeness (QED) is 0.276. The summed E-state index contributed by atoms with van der Waals surface area (Å²) in [7, 11) is 0. The summed E-state index contributed by atoms with van der Waals surface area (Å²) in [5, 5.41) is 9.60. The van der Waals surface area contributed by atoms with E-state index in [4.69, 9.17) is 0 Å². The van der Waals surface area contributed by atoms with Gasteiger partial charge in [-0.15, -0.1) is 0 Å². The Morgan fingerprint density at radius 3 is 2.23 bits per heavy atom. The Kier molecular flexibility index (Phi) is 7.35. The Morgan fingerprint density at radius 1 is 0.900 bits per heavy atom. The van der Waals surface area contributed by atoms with Crippen LogP contribution in [0.25, 0.3) is 16.6 Å². The molecule has 0 unspecified atom stereocenters. The van der Waals surface area contributed by atoms with E-state index in [2.05, 4.69) is 20.7 Å². The lowest BCUT2D eigenvalue weighted by Crippen LogP contribution is -2.34. The lowest BCUT2D eigenvalue weighted by molar-refractivity contribution is -0.141. The summed E-state index contributed by atoms with van der Waals surface area (Å²) >= 11 is 0. The van der Waals surface area contributed by atoms with Gasteiger partial charge in [-0.25, -0.2) is 9.67 Å². The molecule has 0 fully saturated rings. The topological polar surface area (TPSA) is 88.9 Å². The van der Waals surface area contributed by atoms with E-state index in [1.54, 1.807) is 26.8 Å². The monoisotopic (exact) mass is 563 g/mol. The number of fused-ring (bicyclic) bond motifs is 1. The average molecular weight is 564 g/mol. The third-order valence-electron chi connectivity index (χ3n) is 5.91. The number of halogens is 6. The molecular weight excluding hydrogens is 540 g/mol. The number of anilines is 1. The number of amides is 2. The fourth-order valence-corrected chi connectivity index (χ4v) is 3.82. The minimum atomic E-state index is -4.83. The van der Waals surface area contributed by atoms with Crippen LogP contribution in [-0.2, 0) is 23.7 Å². The van der Waals surface area contributed by atoms with Crippen molar-refractivity contribution in [2.45, 2.75) is 39.7 Å². The summed E-state index contributed by atoms with van der Waals surface area (Å²) in [5.74, 6) is -1.36. The van der Waals surface area contributed by atoms with Crippen LogP contribution in [0.2, 0.25) is 0 Å². The highest BCUT2D eigenvalue weighted by molar-refractivity contribution is 6.09. The van der Waals surface area contributed by atoms with Gasteiger partial charge in [-0.1, -0.05) is 32.9 Å². The van der Waals surface area contributed by atoms with Crippen molar-refractivity contribution in [1.29, 1.82) is 0 Å². The van der Waals surface area contributed by atoms with Gasteiger partial charge in [0.05, 0.1) is 40.4 Å². The lowest BCUT2D eigenvalue weighted by atomic mass is 9.95. The summed E-state index contributed by atoms with van der Waals surface area (Å²) in [6.07, 6.45) is -7.13. The summed E-state index contributed by atoms with van der Waals surface area (Å²) in [5.41, 5.74) is -2.61. The predicted octanol–water partition coefficient (Wildman–Crippen LogP) is 6.37. The van der Waals surface area contributed by atoms with Crippen molar-refractivity contribution in [1.82, 2.24) is 20.1 Å². The second-order valence-electron chi connectivity index (χ2n) is 9.96. The van der Waals surface area contributed by atoms with Crippen molar-refractivity contribution in [3.8, 4) is 5.69 Å². The Balaban J connectivity index is 1.65. The number of pyridine rings is 1. The van der Waals surface area contributed by atoms with E-state index in [0.29, 0.717) is 10.9 Å². The molecule has 0 bridgehead atoms. The summed E-state index contributed by atoms with van der Waals surface area (Å²) in [6, 6.07) is 9.55. The third-order valence-corrected chi connectivity index (χ3v) is 5.91. The van der Waals surface area contributed by atoms with Gasteiger partial charge in [-0.2, -0.15) is 31.4 Å².